The van der Waals surface area contributed by atoms with Gasteiger partial charge in [0.2, 0.25) is 5.88 Å². The molecule has 0 saturated heterocycles. The molecule has 0 unspecified atom stereocenters. The Kier molecular flexibility index (Phi) is 4.76. The van der Waals surface area contributed by atoms with Gasteiger partial charge in [0.25, 0.3) is 0 Å². The van der Waals surface area contributed by atoms with Crippen molar-refractivity contribution < 1.29 is 9.94 Å². The number of aromatic nitrogens is 1. The summed E-state index contributed by atoms with van der Waals surface area (Å²) in [7, 11) is 0. The molecule has 5 heteroatoms. The van der Waals surface area contributed by atoms with Gasteiger partial charge in [-0.05, 0) is 41.1 Å². The lowest BCUT2D eigenvalue weighted by molar-refractivity contribution is 0.235. The van der Waals surface area contributed by atoms with Crippen LogP contribution in [0.3, 0.4) is 0 Å². The molecule has 0 bridgehead atoms. The Balaban J connectivity index is 1.55. The maximum absolute atomic E-state index is 9.41. The van der Waals surface area contributed by atoms with Gasteiger partial charge in [0.05, 0.1) is 5.69 Å². The molecule has 1 aromatic heterocycles. The predicted molar refractivity (Wildman–Crippen MR) is 106 cm³/mol. The van der Waals surface area contributed by atoms with E-state index in [1.807, 2.05) is 66.7 Å². The van der Waals surface area contributed by atoms with Gasteiger partial charge in [-0.2, -0.15) is 0 Å². The number of nitrogens with one attached hydrogen (secondary N) is 1. The third-order valence-electron chi connectivity index (χ3n) is 4.06. The molecule has 0 aliphatic heterocycles. The highest BCUT2D eigenvalue weighted by molar-refractivity contribution is 5.99. The second-order valence-electron chi connectivity index (χ2n) is 5.90. The van der Waals surface area contributed by atoms with E-state index in [0.29, 0.717) is 23.0 Å². The molecule has 0 atom stereocenters. The Morgan fingerprint density at radius 3 is 2.37 bits per heavy atom. The number of para-hydroxylation sites is 1. The first-order chi connectivity index (χ1) is 13.3. The molecular weight excluding hydrogens is 338 g/mol. The lowest BCUT2D eigenvalue weighted by Crippen LogP contribution is -2.20. The fourth-order valence-corrected chi connectivity index (χ4v) is 2.72. The van der Waals surface area contributed by atoms with E-state index in [2.05, 4.69) is 21.5 Å². The number of hydrogen-bond acceptors (Lipinski definition) is 4. The van der Waals surface area contributed by atoms with Gasteiger partial charge in [0.15, 0.2) is 5.84 Å². The summed E-state index contributed by atoms with van der Waals surface area (Å²) in [6.45, 7) is 0. The van der Waals surface area contributed by atoms with Gasteiger partial charge in [-0.15, -0.1) is 0 Å². The number of benzene rings is 3. The predicted octanol–water partition coefficient (Wildman–Crippen LogP) is 5.08. The molecule has 4 rings (SSSR count). The van der Waals surface area contributed by atoms with Crippen LogP contribution in [0.1, 0.15) is 5.56 Å². The molecule has 0 aliphatic carbocycles. The third kappa shape index (κ3) is 3.94. The topological polar surface area (TPSA) is 66.7 Å². The summed E-state index contributed by atoms with van der Waals surface area (Å²) in [5.74, 6) is 1.49. The van der Waals surface area contributed by atoms with Crippen LogP contribution in [0.2, 0.25) is 0 Å². The van der Waals surface area contributed by atoms with Crippen LogP contribution < -0.4 is 10.2 Å². The molecule has 0 aliphatic rings. The highest BCUT2D eigenvalue weighted by Gasteiger charge is 2.06. The summed E-state index contributed by atoms with van der Waals surface area (Å²) in [4.78, 5) is 8.68. The molecule has 132 valence electrons. The fraction of sp³-hybridized carbons (Fsp3) is 0. The molecule has 0 spiro atoms. The normalized spacial score (nSPS) is 11.4. The van der Waals surface area contributed by atoms with E-state index in [1.54, 1.807) is 18.3 Å². The Morgan fingerprint density at radius 1 is 0.852 bits per heavy atom. The average molecular weight is 355 g/mol. The van der Waals surface area contributed by atoms with Crippen LogP contribution in [0, 0.1) is 0 Å². The molecule has 2 N–H and O–H groups in total. The van der Waals surface area contributed by atoms with Gasteiger partial charge in [-0.1, -0.05) is 48.5 Å². The number of hydrogen-bond donors (Lipinski definition) is 2. The maximum atomic E-state index is 9.41. The van der Waals surface area contributed by atoms with Crippen molar-refractivity contribution in [1.82, 2.24) is 10.5 Å². The summed E-state index contributed by atoms with van der Waals surface area (Å²) < 4.78 is 5.84. The van der Waals surface area contributed by atoms with Gasteiger partial charge in [0.1, 0.15) is 5.75 Å². The summed E-state index contributed by atoms with van der Waals surface area (Å²) in [6, 6.07) is 26.9. The molecule has 3 aromatic carbocycles. The summed E-state index contributed by atoms with van der Waals surface area (Å²) in [6.07, 6.45) is 1.60. The number of rotatable bonds is 4. The Labute approximate surface area is 156 Å². The molecule has 0 radical (unpaired) electrons. The monoisotopic (exact) mass is 355 g/mol. The standard InChI is InChI=1S/C22H17N3O2/c26-25-22(24-19-8-2-1-3-9-19)18-11-13-21(23-15-18)27-20-12-10-16-6-4-5-7-17(16)14-20/h1-15,26H,(H,24,25). The Morgan fingerprint density at radius 2 is 1.63 bits per heavy atom. The van der Waals surface area contributed by atoms with Crippen molar-refractivity contribution in [2.75, 3.05) is 0 Å². The number of fused-ring (bicyclic) bond motifs is 1. The molecule has 0 fully saturated rings. The molecule has 0 amide bonds. The van der Waals surface area contributed by atoms with E-state index in [4.69, 9.17) is 4.74 Å². The minimum atomic E-state index is 0.311. The second-order valence-corrected chi connectivity index (χ2v) is 5.90. The number of nitrogens with zero attached hydrogens (tertiary/aromatic N) is 2. The van der Waals surface area contributed by atoms with Gasteiger partial charge >= 0.3 is 0 Å². The van der Waals surface area contributed by atoms with E-state index in [1.165, 1.54) is 0 Å². The van der Waals surface area contributed by atoms with E-state index >= 15 is 0 Å². The first-order valence-corrected chi connectivity index (χ1v) is 8.49. The molecule has 27 heavy (non-hydrogen) atoms. The second kappa shape index (κ2) is 7.68. The van der Waals surface area contributed by atoms with Crippen molar-refractivity contribution in [3.63, 3.8) is 0 Å². The zero-order valence-electron chi connectivity index (χ0n) is 14.4. The fourth-order valence-electron chi connectivity index (χ4n) is 2.72. The summed E-state index contributed by atoms with van der Waals surface area (Å²) >= 11 is 0. The number of ether oxygens (including phenoxy) is 1. The van der Waals surface area contributed by atoms with E-state index in [-0.39, 0.29) is 0 Å². The van der Waals surface area contributed by atoms with E-state index < -0.39 is 0 Å². The molecular formula is C22H17N3O2. The van der Waals surface area contributed by atoms with Crippen molar-refractivity contribution in [3.05, 3.63) is 96.7 Å². The highest BCUT2D eigenvalue weighted by Crippen LogP contribution is 2.24. The number of aliphatic imine (C=N–C) groups is 1. The zero-order chi connectivity index (χ0) is 18.5. The van der Waals surface area contributed by atoms with Crippen molar-refractivity contribution >= 4 is 22.3 Å². The lowest BCUT2D eigenvalue weighted by atomic mass is 10.1. The Bertz CT molecular complexity index is 1080. The number of amidine groups is 1. The highest BCUT2D eigenvalue weighted by atomic mass is 16.5. The van der Waals surface area contributed by atoms with Crippen LogP contribution in [0.15, 0.2) is 96.1 Å². The van der Waals surface area contributed by atoms with Crippen molar-refractivity contribution in [2.24, 2.45) is 4.99 Å². The minimum absolute atomic E-state index is 0.311. The summed E-state index contributed by atoms with van der Waals surface area (Å²) in [5, 5.41) is 11.7. The number of pyridine rings is 1. The Hall–Kier alpha value is -3.70. The van der Waals surface area contributed by atoms with E-state index in [9.17, 15) is 5.21 Å². The van der Waals surface area contributed by atoms with Crippen molar-refractivity contribution in [1.29, 1.82) is 0 Å². The van der Waals surface area contributed by atoms with E-state index in [0.717, 1.165) is 16.5 Å². The van der Waals surface area contributed by atoms with Crippen LogP contribution in [-0.2, 0) is 0 Å². The maximum Gasteiger partial charge on any atom is 0.219 e. The van der Waals surface area contributed by atoms with Crippen molar-refractivity contribution in [2.45, 2.75) is 0 Å². The van der Waals surface area contributed by atoms with Crippen LogP contribution in [-0.4, -0.2) is 16.0 Å². The van der Waals surface area contributed by atoms with Gasteiger partial charge < -0.3 is 4.74 Å². The largest absolute Gasteiger partial charge is 0.439 e. The average Bonchev–Trinajstić information content (AvgIpc) is 2.73. The smallest absolute Gasteiger partial charge is 0.219 e. The van der Waals surface area contributed by atoms with Crippen LogP contribution in [0.5, 0.6) is 11.6 Å². The van der Waals surface area contributed by atoms with Crippen LogP contribution in [0.25, 0.3) is 10.8 Å². The zero-order valence-corrected chi connectivity index (χ0v) is 14.4. The minimum Gasteiger partial charge on any atom is -0.439 e. The van der Waals surface area contributed by atoms with Crippen molar-refractivity contribution in [3.8, 4) is 11.6 Å². The van der Waals surface area contributed by atoms with Crippen LogP contribution in [0.4, 0.5) is 5.69 Å². The van der Waals surface area contributed by atoms with Crippen LogP contribution >= 0.6 is 0 Å². The lowest BCUT2D eigenvalue weighted by Gasteiger charge is -2.08. The first-order valence-electron chi connectivity index (χ1n) is 8.49. The molecule has 1 heterocycles. The molecule has 0 saturated carbocycles. The van der Waals surface area contributed by atoms with Gasteiger partial charge in [0, 0.05) is 17.8 Å². The third-order valence-corrected chi connectivity index (χ3v) is 4.06. The van der Waals surface area contributed by atoms with Gasteiger partial charge in [-0.3, -0.25) is 10.7 Å². The first kappa shape index (κ1) is 16.8. The molecule has 4 aromatic rings. The number of hydroxylamine groups is 1. The SMILES string of the molecule is ONC(=Nc1ccccc1)c1ccc(Oc2ccc3ccccc3c2)nc1. The van der Waals surface area contributed by atoms with Gasteiger partial charge in [-0.25, -0.2) is 9.98 Å². The quantitative estimate of drug-likeness (QED) is 0.304. The molecule has 5 nitrogen and oxygen atoms in total. The summed E-state index contributed by atoms with van der Waals surface area (Å²) in [5.41, 5.74) is 3.50.